The van der Waals surface area contributed by atoms with E-state index < -0.39 is 0 Å². The quantitative estimate of drug-likeness (QED) is 0.606. The Labute approximate surface area is 83.1 Å². The van der Waals surface area contributed by atoms with Crippen molar-refractivity contribution in [2.24, 2.45) is 23.7 Å². The van der Waals surface area contributed by atoms with Gasteiger partial charge in [-0.05, 0) is 23.7 Å². The highest BCUT2D eigenvalue weighted by atomic mass is 14.4. The largest absolute Gasteiger partial charge is 0.0651 e. The third-order valence-electron chi connectivity index (χ3n) is 4.80. The summed E-state index contributed by atoms with van der Waals surface area (Å²) in [6.45, 7) is 4.93. The molecule has 2 aliphatic rings. The third kappa shape index (κ3) is 1.78. The molecule has 0 bridgehead atoms. The van der Waals surface area contributed by atoms with Crippen LogP contribution in [-0.4, -0.2) is 0 Å². The molecule has 0 heteroatoms. The molecule has 0 radical (unpaired) electrons. The highest BCUT2D eigenvalue weighted by Gasteiger charge is 2.35. The standard InChI is InChI=1S/C13H24/c1-3-13(12-8-5-9-12)10(2)11-6-4-7-11/h10-13H,3-9H2,1-2H3. The van der Waals surface area contributed by atoms with Crippen LogP contribution in [0.5, 0.6) is 0 Å². The minimum absolute atomic E-state index is 1.03. The Balaban J connectivity index is 1.86. The molecule has 0 nitrogen and oxygen atoms in total. The zero-order valence-corrected chi connectivity index (χ0v) is 9.26. The molecule has 0 aliphatic heterocycles. The summed E-state index contributed by atoms with van der Waals surface area (Å²) >= 11 is 0. The topological polar surface area (TPSA) is 0 Å². The smallest absolute Gasteiger partial charge is 0.0360 e. The first-order valence-corrected chi connectivity index (χ1v) is 6.33. The van der Waals surface area contributed by atoms with Gasteiger partial charge in [-0.1, -0.05) is 58.8 Å². The van der Waals surface area contributed by atoms with E-state index in [9.17, 15) is 0 Å². The molecule has 76 valence electrons. The number of hydrogen-bond donors (Lipinski definition) is 0. The van der Waals surface area contributed by atoms with Gasteiger partial charge >= 0.3 is 0 Å². The predicted molar refractivity (Wildman–Crippen MR) is 57.6 cm³/mol. The fraction of sp³-hybridized carbons (Fsp3) is 1.00. The van der Waals surface area contributed by atoms with Crippen LogP contribution in [0.2, 0.25) is 0 Å². The van der Waals surface area contributed by atoms with Gasteiger partial charge in [0, 0.05) is 0 Å². The predicted octanol–water partition coefficient (Wildman–Crippen LogP) is 4.25. The first-order valence-electron chi connectivity index (χ1n) is 6.33. The lowest BCUT2D eigenvalue weighted by atomic mass is 9.63. The van der Waals surface area contributed by atoms with Gasteiger partial charge in [-0.15, -0.1) is 0 Å². The second-order valence-corrected chi connectivity index (χ2v) is 5.31. The molecule has 0 aromatic rings. The maximum atomic E-state index is 2.52. The molecule has 2 rings (SSSR count). The van der Waals surface area contributed by atoms with Crippen molar-refractivity contribution in [2.75, 3.05) is 0 Å². The lowest BCUT2D eigenvalue weighted by molar-refractivity contribution is 0.0776. The molecule has 0 heterocycles. The molecule has 0 amide bonds. The van der Waals surface area contributed by atoms with Crippen molar-refractivity contribution < 1.29 is 0 Å². The Morgan fingerprint density at radius 1 is 1.00 bits per heavy atom. The Morgan fingerprint density at radius 2 is 1.54 bits per heavy atom. The summed E-state index contributed by atoms with van der Waals surface area (Å²) in [5.74, 6) is 4.31. The van der Waals surface area contributed by atoms with E-state index in [1.165, 1.54) is 44.9 Å². The highest BCUT2D eigenvalue weighted by Crippen LogP contribution is 2.45. The van der Waals surface area contributed by atoms with E-state index in [1.807, 2.05) is 0 Å². The van der Waals surface area contributed by atoms with Crippen LogP contribution in [0.1, 0.15) is 58.8 Å². The minimum Gasteiger partial charge on any atom is -0.0651 e. The summed E-state index contributed by atoms with van der Waals surface area (Å²) in [6.07, 6.45) is 10.6. The lowest BCUT2D eigenvalue weighted by Gasteiger charge is -2.43. The summed E-state index contributed by atoms with van der Waals surface area (Å²) in [4.78, 5) is 0. The summed E-state index contributed by atoms with van der Waals surface area (Å²) in [7, 11) is 0. The molecular formula is C13H24. The molecule has 0 aromatic heterocycles. The maximum Gasteiger partial charge on any atom is -0.0360 e. The van der Waals surface area contributed by atoms with Crippen LogP contribution in [0.25, 0.3) is 0 Å². The van der Waals surface area contributed by atoms with Crippen molar-refractivity contribution >= 4 is 0 Å². The summed E-state index contributed by atoms with van der Waals surface area (Å²) < 4.78 is 0. The van der Waals surface area contributed by atoms with Gasteiger partial charge in [0.05, 0.1) is 0 Å². The van der Waals surface area contributed by atoms with Gasteiger partial charge in [-0.25, -0.2) is 0 Å². The monoisotopic (exact) mass is 180 g/mol. The van der Waals surface area contributed by atoms with Crippen LogP contribution in [-0.2, 0) is 0 Å². The summed E-state index contributed by atoms with van der Waals surface area (Å²) in [6, 6.07) is 0. The molecule has 2 unspecified atom stereocenters. The Kier molecular flexibility index (Phi) is 2.96. The van der Waals surface area contributed by atoms with E-state index in [0.717, 1.165) is 23.7 Å². The van der Waals surface area contributed by atoms with Gasteiger partial charge in [0.25, 0.3) is 0 Å². The zero-order valence-electron chi connectivity index (χ0n) is 9.26. The van der Waals surface area contributed by atoms with Gasteiger partial charge in [0.2, 0.25) is 0 Å². The SMILES string of the molecule is CCC(C1CCC1)C(C)C1CCC1. The van der Waals surface area contributed by atoms with Crippen LogP contribution in [0.3, 0.4) is 0 Å². The summed E-state index contributed by atoms with van der Waals surface area (Å²) in [5.41, 5.74) is 0. The molecule has 2 fully saturated rings. The highest BCUT2D eigenvalue weighted by molar-refractivity contribution is 4.85. The van der Waals surface area contributed by atoms with Crippen molar-refractivity contribution in [1.82, 2.24) is 0 Å². The maximum absolute atomic E-state index is 2.52. The van der Waals surface area contributed by atoms with Crippen molar-refractivity contribution in [3.05, 3.63) is 0 Å². The summed E-state index contributed by atoms with van der Waals surface area (Å²) in [5, 5.41) is 0. The number of hydrogen-bond acceptors (Lipinski definition) is 0. The van der Waals surface area contributed by atoms with Crippen molar-refractivity contribution in [3.8, 4) is 0 Å². The minimum atomic E-state index is 1.03. The van der Waals surface area contributed by atoms with Crippen LogP contribution >= 0.6 is 0 Å². The van der Waals surface area contributed by atoms with Gasteiger partial charge in [0.15, 0.2) is 0 Å². The second-order valence-electron chi connectivity index (χ2n) is 5.31. The molecule has 2 atom stereocenters. The van der Waals surface area contributed by atoms with E-state index in [4.69, 9.17) is 0 Å². The Bertz CT molecular complexity index is 153. The van der Waals surface area contributed by atoms with Crippen LogP contribution in [0.15, 0.2) is 0 Å². The second kappa shape index (κ2) is 4.02. The lowest BCUT2D eigenvalue weighted by Crippen LogP contribution is -2.33. The van der Waals surface area contributed by atoms with Crippen molar-refractivity contribution in [2.45, 2.75) is 58.8 Å². The Hall–Kier alpha value is 0. The van der Waals surface area contributed by atoms with Crippen LogP contribution in [0.4, 0.5) is 0 Å². The average Bonchev–Trinajstić information content (AvgIpc) is 1.92. The van der Waals surface area contributed by atoms with E-state index in [0.29, 0.717) is 0 Å². The van der Waals surface area contributed by atoms with Gasteiger partial charge < -0.3 is 0 Å². The molecule has 2 saturated carbocycles. The molecule has 13 heavy (non-hydrogen) atoms. The van der Waals surface area contributed by atoms with Crippen molar-refractivity contribution in [3.63, 3.8) is 0 Å². The van der Waals surface area contributed by atoms with Gasteiger partial charge in [-0.3, -0.25) is 0 Å². The molecule has 2 aliphatic carbocycles. The zero-order chi connectivity index (χ0) is 9.26. The van der Waals surface area contributed by atoms with Gasteiger partial charge in [-0.2, -0.15) is 0 Å². The first-order chi connectivity index (χ1) is 6.33. The van der Waals surface area contributed by atoms with E-state index >= 15 is 0 Å². The third-order valence-corrected chi connectivity index (χ3v) is 4.80. The molecule has 0 saturated heterocycles. The van der Waals surface area contributed by atoms with Crippen LogP contribution in [0, 0.1) is 23.7 Å². The van der Waals surface area contributed by atoms with Crippen LogP contribution < -0.4 is 0 Å². The normalized spacial score (nSPS) is 29.1. The molecule has 0 aromatic carbocycles. The molecule has 0 spiro atoms. The Morgan fingerprint density at radius 3 is 1.85 bits per heavy atom. The number of rotatable bonds is 4. The fourth-order valence-electron chi connectivity index (χ4n) is 3.32. The average molecular weight is 180 g/mol. The molecule has 0 N–H and O–H groups in total. The molecular weight excluding hydrogens is 156 g/mol. The van der Waals surface area contributed by atoms with E-state index in [-0.39, 0.29) is 0 Å². The van der Waals surface area contributed by atoms with Gasteiger partial charge in [0.1, 0.15) is 0 Å². The first kappa shape index (κ1) is 9.55. The van der Waals surface area contributed by atoms with E-state index in [2.05, 4.69) is 13.8 Å². The van der Waals surface area contributed by atoms with Crippen molar-refractivity contribution in [1.29, 1.82) is 0 Å². The van der Waals surface area contributed by atoms with E-state index in [1.54, 1.807) is 0 Å². The fourth-order valence-corrected chi connectivity index (χ4v) is 3.32.